The van der Waals surface area contributed by atoms with Crippen LogP contribution in [0.25, 0.3) is 0 Å². The fourth-order valence-electron chi connectivity index (χ4n) is 4.33. The standard InChI is InChI=1S/C26H29N3O4S/c1-18-9-5-6-12-20(18)29(23(30)17-27-25(31)22-14-8-16-34-22)24(21-13-7-15-33-21)26(32)28-19-10-3-2-4-11-19/h5-9,12-16,19,24H,2-4,10-11,17H2,1H3,(H,27,31)(H,28,32)/t24-/m1/s1. The lowest BCUT2D eigenvalue weighted by Crippen LogP contribution is -2.49. The van der Waals surface area contributed by atoms with Crippen molar-refractivity contribution < 1.29 is 18.8 Å². The number of para-hydroxylation sites is 1. The summed E-state index contributed by atoms with van der Waals surface area (Å²) in [6.45, 7) is 1.64. The molecule has 1 aliphatic rings. The Morgan fingerprint density at radius 1 is 1.06 bits per heavy atom. The molecule has 1 atom stereocenters. The molecule has 2 N–H and O–H groups in total. The van der Waals surface area contributed by atoms with E-state index in [1.54, 1.807) is 35.7 Å². The van der Waals surface area contributed by atoms with Crippen molar-refractivity contribution in [1.29, 1.82) is 0 Å². The van der Waals surface area contributed by atoms with Gasteiger partial charge in [-0.1, -0.05) is 43.5 Å². The zero-order valence-corrected chi connectivity index (χ0v) is 20.0. The highest BCUT2D eigenvalue weighted by Gasteiger charge is 2.36. The molecule has 2 aromatic heterocycles. The number of carbonyl (C=O) groups is 3. The van der Waals surface area contributed by atoms with Crippen LogP contribution in [0.5, 0.6) is 0 Å². The first kappa shape index (κ1) is 23.8. The van der Waals surface area contributed by atoms with Gasteiger partial charge in [-0.15, -0.1) is 11.3 Å². The van der Waals surface area contributed by atoms with Gasteiger partial charge >= 0.3 is 0 Å². The van der Waals surface area contributed by atoms with Gasteiger partial charge < -0.3 is 15.1 Å². The summed E-state index contributed by atoms with van der Waals surface area (Å²) >= 11 is 1.30. The van der Waals surface area contributed by atoms with Crippen molar-refractivity contribution in [2.75, 3.05) is 11.4 Å². The summed E-state index contributed by atoms with van der Waals surface area (Å²) in [4.78, 5) is 41.6. The van der Waals surface area contributed by atoms with E-state index in [4.69, 9.17) is 4.42 Å². The molecule has 3 aromatic rings. The number of hydrogen-bond donors (Lipinski definition) is 2. The maximum atomic E-state index is 13.6. The largest absolute Gasteiger partial charge is 0.467 e. The van der Waals surface area contributed by atoms with E-state index in [1.165, 1.54) is 28.9 Å². The zero-order chi connectivity index (χ0) is 23.9. The Labute approximate surface area is 203 Å². The van der Waals surface area contributed by atoms with E-state index in [0.29, 0.717) is 16.3 Å². The quantitative estimate of drug-likeness (QED) is 0.494. The van der Waals surface area contributed by atoms with E-state index in [0.717, 1.165) is 31.2 Å². The number of nitrogens with one attached hydrogen (secondary N) is 2. The van der Waals surface area contributed by atoms with Crippen molar-refractivity contribution in [2.45, 2.75) is 51.1 Å². The molecule has 4 rings (SSSR count). The molecule has 34 heavy (non-hydrogen) atoms. The van der Waals surface area contributed by atoms with Gasteiger partial charge in [-0.25, -0.2) is 0 Å². The van der Waals surface area contributed by atoms with E-state index >= 15 is 0 Å². The number of nitrogens with zero attached hydrogens (tertiary/aromatic N) is 1. The summed E-state index contributed by atoms with van der Waals surface area (Å²) in [7, 11) is 0. The molecular weight excluding hydrogens is 450 g/mol. The van der Waals surface area contributed by atoms with Crippen LogP contribution in [-0.2, 0) is 9.59 Å². The molecule has 1 fully saturated rings. The van der Waals surface area contributed by atoms with Crippen LogP contribution in [0.15, 0.2) is 64.6 Å². The fraction of sp³-hybridized carbons (Fsp3) is 0.346. The minimum absolute atomic E-state index is 0.0751. The van der Waals surface area contributed by atoms with Crippen LogP contribution >= 0.6 is 11.3 Å². The summed E-state index contributed by atoms with van der Waals surface area (Å²) < 4.78 is 5.64. The third-order valence-electron chi connectivity index (χ3n) is 6.06. The van der Waals surface area contributed by atoms with Gasteiger partial charge in [-0.3, -0.25) is 19.3 Å². The monoisotopic (exact) mass is 479 g/mol. The highest BCUT2D eigenvalue weighted by Crippen LogP contribution is 2.31. The molecule has 0 bridgehead atoms. The van der Waals surface area contributed by atoms with Crippen LogP contribution in [0.3, 0.4) is 0 Å². The molecule has 1 aliphatic carbocycles. The van der Waals surface area contributed by atoms with Crippen LogP contribution in [0.2, 0.25) is 0 Å². The molecule has 0 unspecified atom stereocenters. The smallest absolute Gasteiger partial charge is 0.261 e. The maximum Gasteiger partial charge on any atom is 0.261 e. The number of anilines is 1. The lowest BCUT2D eigenvalue weighted by atomic mass is 9.95. The van der Waals surface area contributed by atoms with E-state index in [9.17, 15) is 14.4 Å². The fourth-order valence-corrected chi connectivity index (χ4v) is 4.97. The third-order valence-corrected chi connectivity index (χ3v) is 6.93. The number of amides is 3. The number of benzene rings is 1. The number of rotatable bonds is 8. The van der Waals surface area contributed by atoms with Crippen LogP contribution < -0.4 is 15.5 Å². The molecule has 0 spiro atoms. The second-order valence-corrected chi connectivity index (χ2v) is 9.42. The molecule has 2 heterocycles. The molecule has 7 nitrogen and oxygen atoms in total. The molecule has 1 saturated carbocycles. The lowest BCUT2D eigenvalue weighted by Gasteiger charge is -2.33. The Bertz CT molecular complexity index is 1110. The highest BCUT2D eigenvalue weighted by molar-refractivity contribution is 7.12. The average molecular weight is 480 g/mol. The molecule has 1 aromatic carbocycles. The Morgan fingerprint density at radius 2 is 1.85 bits per heavy atom. The predicted octanol–water partition coefficient (Wildman–Crippen LogP) is 4.60. The van der Waals surface area contributed by atoms with Crippen LogP contribution in [0.1, 0.15) is 59.1 Å². The third kappa shape index (κ3) is 5.56. The Kier molecular flexibility index (Phi) is 7.80. The van der Waals surface area contributed by atoms with Crippen molar-refractivity contribution in [1.82, 2.24) is 10.6 Å². The van der Waals surface area contributed by atoms with Gasteiger partial charge in [-0.2, -0.15) is 0 Å². The Morgan fingerprint density at radius 3 is 2.53 bits per heavy atom. The number of carbonyl (C=O) groups excluding carboxylic acids is 3. The second-order valence-electron chi connectivity index (χ2n) is 8.47. The van der Waals surface area contributed by atoms with Gasteiger partial charge in [0.1, 0.15) is 5.76 Å². The summed E-state index contributed by atoms with van der Waals surface area (Å²) in [5, 5.41) is 7.64. The molecule has 3 amide bonds. The van der Waals surface area contributed by atoms with Crippen molar-refractivity contribution in [2.24, 2.45) is 0 Å². The second kappa shape index (κ2) is 11.2. The van der Waals surface area contributed by atoms with E-state index < -0.39 is 11.9 Å². The van der Waals surface area contributed by atoms with Crippen LogP contribution in [0, 0.1) is 6.92 Å². The lowest BCUT2D eigenvalue weighted by molar-refractivity contribution is -0.127. The van der Waals surface area contributed by atoms with E-state index in [-0.39, 0.29) is 24.4 Å². The van der Waals surface area contributed by atoms with Gasteiger partial charge in [0, 0.05) is 11.7 Å². The average Bonchev–Trinajstić information content (AvgIpc) is 3.57. The molecule has 0 saturated heterocycles. The molecule has 0 aliphatic heterocycles. The first-order valence-electron chi connectivity index (χ1n) is 11.6. The summed E-state index contributed by atoms with van der Waals surface area (Å²) in [6, 6.07) is 13.4. The number of aryl methyl sites for hydroxylation is 1. The van der Waals surface area contributed by atoms with E-state index in [2.05, 4.69) is 10.6 Å². The highest BCUT2D eigenvalue weighted by atomic mass is 32.1. The van der Waals surface area contributed by atoms with Gasteiger partial charge in [0.15, 0.2) is 6.04 Å². The zero-order valence-electron chi connectivity index (χ0n) is 19.2. The molecule has 178 valence electrons. The summed E-state index contributed by atoms with van der Waals surface area (Å²) in [5.74, 6) is -0.647. The van der Waals surface area contributed by atoms with Gasteiger partial charge in [0.2, 0.25) is 5.91 Å². The number of thiophene rings is 1. The van der Waals surface area contributed by atoms with Gasteiger partial charge in [0.05, 0.1) is 17.7 Å². The Balaban J connectivity index is 1.64. The maximum absolute atomic E-state index is 13.6. The van der Waals surface area contributed by atoms with Crippen molar-refractivity contribution in [3.8, 4) is 0 Å². The Hall–Kier alpha value is -3.39. The molecule has 8 heteroatoms. The van der Waals surface area contributed by atoms with Crippen molar-refractivity contribution in [3.63, 3.8) is 0 Å². The SMILES string of the molecule is Cc1ccccc1N(C(=O)CNC(=O)c1cccs1)[C@@H](C(=O)NC1CCCCC1)c1ccco1. The summed E-state index contributed by atoms with van der Waals surface area (Å²) in [5.41, 5.74) is 1.43. The predicted molar refractivity (Wildman–Crippen MR) is 132 cm³/mol. The number of hydrogen-bond acceptors (Lipinski definition) is 5. The van der Waals surface area contributed by atoms with Crippen molar-refractivity contribution >= 4 is 34.7 Å². The molecular formula is C26H29N3O4S. The first-order valence-corrected chi connectivity index (χ1v) is 12.5. The van der Waals surface area contributed by atoms with Gasteiger partial charge in [0.25, 0.3) is 11.8 Å². The number of furan rings is 1. The summed E-state index contributed by atoms with van der Waals surface area (Å²) in [6.07, 6.45) is 6.66. The van der Waals surface area contributed by atoms with Gasteiger partial charge in [-0.05, 0) is 55.0 Å². The molecule has 0 radical (unpaired) electrons. The van der Waals surface area contributed by atoms with Crippen LogP contribution in [0.4, 0.5) is 5.69 Å². The minimum Gasteiger partial charge on any atom is -0.467 e. The minimum atomic E-state index is -0.996. The van der Waals surface area contributed by atoms with Crippen molar-refractivity contribution in [3.05, 3.63) is 76.4 Å². The first-order chi connectivity index (χ1) is 16.5. The normalized spacial score (nSPS) is 14.9. The topological polar surface area (TPSA) is 91.7 Å². The van der Waals surface area contributed by atoms with E-state index in [1.807, 2.05) is 25.1 Å². The van der Waals surface area contributed by atoms with Crippen LogP contribution in [-0.4, -0.2) is 30.3 Å².